The zero-order valence-corrected chi connectivity index (χ0v) is 10.6. The molecule has 1 rings (SSSR count). The Kier molecular flexibility index (Phi) is 4.35. The first-order valence-corrected chi connectivity index (χ1v) is 5.72. The average Bonchev–Trinajstić information content (AvgIpc) is 2.20. The summed E-state index contributed by atoms with van der Waals surface area (Å²) in [6, 6.07) is 8.43. The van der Waals surface area contributed by atoms with Crippen molar-refractivity contribution in [3.05, 3.63) is 29.8 Å². The van der Waals surface area contributed by atoms with Crippen LogP contribution in [0, 0.1) is 6.92 Å². The van der Waals surface area contributed by atoms with Crippen LogP contribution in [0.5, 0.6) is 0 Å². The molecule has 0 fully saturated rings. The van der Waals surface area contributed by atoms with Crippen LogP contribution in [0.2, 0.25) is 0 Å². The van der Waals surface area contributed by atoms with Crippen molar-refractivity contribution >= 4 is 11.6 Å². The molecule has 0 unspecified atom stereocenters. The molecule has 0 amide bonds. The summed E-state index contributed by atoms with van der Waals surface area (Å²) in [6.45, 7) is 9.04. The number of aliphatic imine (C=N–C) groups is 1. The van der Waals surface area contributed by atoms with Crippen LogP contribution in [0.3, 0.4) is 0 Å². The molecule has 3 nitrogen and oxygen atoms in total. The standard InChI is InChI=1S/C13H21N3/c1-5-16(13(14)15-10(2)3)12-9-7-6-8-11(12)4/h6-10H,5H2,1-4H3,(H2,14,15). The normalized spacial score (nSPS) is 11.9. The maximum Gasteiger partial charge on any atom is 0.196 e. The number of hydrogen-bond acceptors (Lipinski definition) is 1. The van der Waals surface area contributed by atoms with Crippen LogP contribution in [0.4, 0.5) is 5.69 Å². The Morgan fingerprint density at radius 3 is 2.50 bits per heavy atom. The van der Waals surface area contributed by atoms with E-state index in [1.165, 1.54) is 5.56 Å². The Morgan fingerprint density at radius 2 is 2.00 bits per heavy atom. The number of hydrogen-bond donors (Lipinski definition) is 1. The van der Waals surface area contributed by atoms with Gasteiger partial charge in [-0.25, -0.2) is 0 Å². The second-order valence-corrected chi connectivity index (χ2v) is 4.11. The molecule has 0 heterocycles. The topological polar surface area (TPSA) is 41.6 Å². The highest BCUT2D eigenvalue weighted by Crippen LogP contribution is 2.18. The number of nitrogens with two attached hydrogens (primary N) is 1. The van der Waals surface area contributed by atoms with Crippen molar-refractivity contribution in [1.82, 2.24) is 0 Å². The van der Waals surface area contributed by atoms with Gasteiger partial charge < -0.3 is 10.6 Å². The van der Waals surface area contributed by atoms with Gasteiger partial charge in [0.1, 0.15) is 0 Å². The Hall–Kier alpha value is -1.51. The van der Waals surface area contributed by atoms with E-state index < -0.39 is 0 Å². The zero-order chi connectivity index (χ0) is 12.1. The maximum atomic E-state index is 6.01. The molecular weight excluding hydrogens is 198 g/mol. The molecule has 0 aliphatic rings. The van der Waals surface area contributed by atoms with Crippen LogP contribution in [0.15, 0.2) is 29.3 Å². The van der Waals surface area contributed by atoms with E-state index in [0.717, 1.165) is 12.2 Å². The predicted octanol–water partition coefficient (Wildman–Crippen LogP) is 2.54. The minimum atomic E-state index is 0.220. The fourth-order valence-electron chi connectivity index (χ4n) is 1.66. The van der Waals surface area contributed by atoms with Crippen molar-refractivity contribution in [3.8, 4) is 0 Å². The van der Waals surface area contributed by atoms with Gasteiger partial charge in [0.2, 0.25) is 0 Å². The lowest BCUT2D eigenvalue weighted by Gasteiger charge is -2.24. The molecule has 0 bridgehead atoms. The molecular formula is C13H21N3. The highest BCUT2D eigenvalue weighted by Gasteiger charge is 2.10. The van der Waals surface area contributed by atoms with Crippen molar-refractivity contribution < 1.29 is 0 Å². The minimum absolute atomic E-state index is 0.220. The van der Waals surface area contributed by atoms with E-state index in [2.05, 4.69) is 31.0 Å². The number of anilines is 1. The molecule has 0 spiro atoms. The Balaban J connectivity index is 3.04. The predicted molar refractivity (Wildman–Crippen MR) is 71.0 cm³/mol. The molecule has 0 radical (unpaired) electrons. The van der Waals surface area contributed by atoms with Gasteiger partial charge in [-0.15, -0.1) is 0 Å². The van der Waals surface area contributed by atoms with Crippen molar-refractivity contribution in [2.45, 2.75) is 33.7 Å². The summed E-state index contributed by atoms with van der Waals surface area (Å²) >= 11 is 0. The van der Waals surface area contributed by atoms with Gasteiger partial charge in [-0.1, -0.05) is 18.2 Å². The number of nitrogens with zero attached hydrogens (tertiary/aromatic N) is 2. The summed E-state index contributed by atoms with van der Waals surface area (Å²) in [5.41, 5.74) is 8.35. The van der Waals surface area contributed by atoms with E-state index in [0.29, 0.717) is 5.96 Å². The third-order valence-corrected chi connectivity index (χ3v) is 2.39. The smallest absolute Gasteiger partial charge is 0.196 e. The molecule has 0 aromatic heterocycles. The van der Waals surface area contributed by atoms with E-state index in [-0.39, 0.29) is 6.04 Å². The first-order valence-electron chi connectivity index (χ1n) is 5.72. The molecule has 16 heavy (non-hydrogen) atoms. The first kappa shape index (κ1) is 12.6. The summed E-state index contributed by atoms with van der Waals surface area (Å²) in [4.78, 5) is 6.42. The van der Waals surface area contributed by atoms with E-state index in [1.807, 2.05) is 30.9 Å². The number of para-hydroxylation sites is 1. The molecule has 0 saturated carbocycles. The summed E-state index contributed by atoms with van der Waals surface area (Å²) in [7, 11) is 0. The van der Waals surface area contributed by atoms with Crippen LogP contribution in [0.25, 0.3) is 0 Å². The second kappa shape index (κ2) is 5.54. The molecule has 2 N–H and O–H groups in total. The van der Waals surface area contributed by atoms with Gasteiger partial charge in [0.05, 0.1) is 0 Å². The van der Waals surface area contributed by atoms with Crippen LogP contribution in [-0.2, 0) is 0 Å². The summed E-state index contributed by atoms with van der Waals surface area (Å²) in [5.74, 6) is 0.590. The highest BCUT2D eigenvalue weighted by atomic mass is 15.3. The Labute approximate surface area is 98.0 Å². The van der Waals surface area contributed by atoms with Gasteiger partial charge in [0.15, 0.2) is 5.96 Å². The van der Waals surface area contributed by atoms with E-state index in [1.54, 1.807) is 0 Å². The van der Waals surface area contributed by atoms with Crippen LogP contribution >= 0.6 is 0 Å². The highest BCUT2D eigenvalue weighted by molar-refractivity contribution is 5.95. The van der Waals surface area contributed by atoms with E-state index in [9.17, 15) is 0 Å². The van der Waals surface area contributed by atoms with Crippen LogP contribution in [-0.4, -0.2) is 18.5 Å². The number of aryl methyl sites for hydroxylation is 1. The molecule has 88 valence electrons. The lowest BCUT2D eigenvalue weighted by Crippen LogP contribution is -2.38. The number of benzene rings is 1. The van der Waals surface area contributed by atoms with Crippen LogP contribution < -0.4 is 10.6 Å². The molecule has 1 aromatic carbocycles. The SMILES string of the molecule is CCN(C(N)=NC(C)C)c1ccccc1C. The fraction of sp³-hybridized carbons (Fsp3) is 0.462. The van der Waals surface area contributed by atoms with Gasteiger partial charge in [0.25, 0.3) is 0 Å². The molecule has 0 atom stereocenters. The summed E-state index contributed by atoms with van der Waals surface area (Å²) < 4.78 is 0. The summed E-state index contributed by atoms with van der Waals surface area (Å²) in [5, 5.41) is 0. The van der Waals surface area contributed by atoms with Gasteiger partial charge >= 0.3 is 0 Å². The lowest BCUT2D eigenvalue weighted by atomic mass is 10.2. The first-order chi connectivity index (χ1) is 7.56. The Bertz CT molecular complexity index is 369. The third kappa shape index (κ3) is 2.99. The van der Waals surface area contributed by atoms with Crippen molar-refractivity contribution in [3.63, 3.8) is 0 Å². The zero-order valence-electron chi connectivity index (χ0n) is 10.6. The Morgan fingerprint density at radius 1 is 1.38 bits per heavy atom. The van der Waals surface area contributed by atoms with Gasteiger partial charge in [0, 0.05) is 18.3 Å². The molecule has 0 aliphatic carbocycles. The van der Waals surface area contributed by atoms with Crippen molar-refractivity contribution in [2.24, 2.45) is 10.7 Å². The fourth-order valence-corrected chi connectivity index (χ4v) is 1.66. The van der Waals surface area contributed by atoms with Crippen molar-refractivity contribution in [1.29, 1.82) is 0 Å². The average molecular weight is 219 g/mol. The molecule has 1 aromatic rings. The van der Waals surface area contributed by atoms with Gasteiger partial charge in [-0.3, -0.25) is 4.99 Å². The third-order valence-electron chi connectivity index (χ3n) is 2.39. The molecule has 3 heteroatoms. The van der Waals surface area contributed by atoms with Crippen molar-refractivity contribution in [2.75, 3.05) is 11.4 Å². The number of guanidine groups is 1. The van der Waals surface area contributed by atoms with E-state index in [4.69, 9.17) is 5.73 Å². The minimum Gasteiger partial charge on any atom is -0.370 e. The molecule has 0 saturated heterocycles. The maximum absolute atomic E-state index is 6.01. The van der Waals surface area contributed by atoms with Gasteiger partial charge in [-0.2, -0.15) is 0 Å². The van der Waals surface area contributed by atoms with E-state index >= 15 is 0 Å². The second-order valence-electron chi connectivity index (χ2n) is 4.11. The summed E-state index contributed by atoms with van der Waals surface area (Å²) in [6.07, 6.45) is 0. The van der Waals surface area contributed by atoms with Gasteiger partial charge in [-0.05, 0) is 39.3 Å². The van der Waals surface area contributed by atoms with Crippen LogP contribution in [0.1, 0.15) is 26.3 Å². The largest absolute Gasteiger partial charge is 0.370 e. The monoisotopic (exact) mass is 219 g/mol. The molecule has 0 aliphatic heterocycles. The lowest BCUT2D eigenvalue weighted by molar-refractivity contribution is 0.823. The number of rotatable bonds is 3. The quantitative estimate of drug-likeness (QED) is 0.627.